The van der Waals surface area contributed by atoms with Crippen LogP contribution in [0.1, 0.15) is 97.0 Å². The number of rotatable bonds is 13. The highest BCUT2D eigenvalue weighted by molar-refractivity contribution is 7.22. The Morgan fingerprint density at radius 1 is 1.00 bits per heavy atom. The number of amides is 1. The molecular formula is C47H55N5O6S. The number of benzene rings is 3. The van der Waals surface area contributed by atoms with Crippen molar-refractivity contribution in [2.45, 2.75) is 79.2 Å². The summed E-state index contributed by atoms with van der Waals surface area (Å²) in [4.78, 5) is 52.6. The molecule has 1 fully saturated rings. The lowest BCUT2D eigenvalue weighted by Crippen LogP contribution is -2.39. The number of fused-ring (bicyclic) bond motifs is 2. The van der Waals surface area contributed by atoms with Gasteiger partial charge in [-0.3, -0.25) is 19.8 Å². The number of ether oxygens (including phenoxy) is 2. The number of aromatic carboxylic acids is 1. The molecule has 0 radical (unpaired) electrons. The van der Waals surface area contributed by atoms with Crippen LogP contribution in [0.4, 0.5) is 10.9 Å². The molecule has 0 aliphatic carbocycles. The third-order valence-corrected chi connectivity index (χ3v) is 12.8. The zero-order chi connectivity index (χ0) is 41.8. The smallest absolute Gasteiger partial charge is 0.355 e. The van der Waals surface area contributed by atoms with Crippen LogP contribution < -0.4 is 15.0 Å². The highest BCUT2D eigenvalue weighted by Crippen LogP contribution is 2.42. The first-order chi connectivity index (χ1) is 28.3. The van der Waals surface area contributed by atoms with Gasteiger partial charge in [-0.05, 0) is 128 Å². The van der Waals surface area contributed by atoms with Crippen molar-refractivity contribution in [1.82, 2.24) is 14.9 Å². The summed E-state index contributed by atoms with van der Waals surface area (Å²) < 4.78 is 12.6. The number of carbonyl (C=O) groups excluding carboxylic acids is 2. The minimum absolute atomic E-state index is 0.0109. The molecule has 4 heterocycles. The lowest BCUT2D eigenvalue weighted by atomic mass is 9.80. The van der Waals surface area contributed by atoms with E-state index in [0.717, 1.165) is 76.1 Å². The number of para-hydroxylation sites is 1. The number of piperidine rings is 1. The molecule has 2 N–H and O–H groups in total. The third-order valence-electron chi connectivity index (χ3n) is 11.9. The number of aromatic nitrogens is 2. The van der Waals surface area contributed by atoms with Crippen LogP contribution in [0.15, 0.2) is 66.7 Å². The van der Waals surface area contributed by atoms with Crippen LogP contribution >= 0.6 is 11.3 Å². The topological polar surface area (TPSA) is 134 Å². The van der Waals surface area contributed by atoms with Crippen LogP contribution in [0, 0.1) is 18.8 Å². The Morgan fingerprint density at radius 3 is 2.49 bits per heavy atom. The van der Waals surface area contributed by atoms with Crippen molar-refractivity contribution in [1.29, 1.82) is 0 Å². The molecule has 1 amide bonds. The monoisotopic (exact) mass is 817 g/mol. The second-order valence-electron chi connectivity index (χ2n) is 16.8. The van der Waals surface area contributed by atoms with Gasteiger partial charge in [0.1, 0.15) is 11.6 Å². The number of pyridine rings is 1. The van der Waals surface area contributed by atoms with Gasteiger partial charge in [-0.1, -0.05) is 75.4 Å². The van der Waals surface area contributed by atoms with Crippen LogP contribution in [0.25, 0.3) is 21.3 Å². The number of hydrogen-bond donors (Lipinski definition) is 2. The second-order valence-corrected chi connectivity index (χ2v) is 17.9. The Bertz CT molecular complexity index is 2310. The number of anilines is 2. The van der Waals surface area contributed by atoms with Gasteiger partial charge >= 0.3 is 11.9 Å². The predicted octanol–water partition coefficient (Wildman–Crippen LogP) is 9.16. The Kier molecular flexibility index (Phi) is 12.7. The number of nitrogens with zero attached hydrogens (tertiary/aromatic N) is 4. The molecule has 2 aromatic heterocycles. The number of carboxylic acids is 1. The first kappa shape index (κ1) is 41.8. The van der Waals surface area contributed by atoms with Gasteiger partial charge in [0, 0.05) is 24.2 Å². The molecule has 0 bridgehead atoms. The molecule has 7 rings (SSSR count). The van der Waals surface area contributed by atoms with E-state index in [1.165, 1.54) is 11.3 Å². The maximum absolute atomic E-state index is 13.7. The molecular weight excluding hydrogens is 763 g/mol. The summed E-state index contributed by atoms with van der Waals surface area (Å²) in [5.74, 6) is 0.812. The molecule has 12 heteroatoms. The molecule has 5 aromatic rings. The van der Waals surface area contributed by atoms with E-state index in [1.54, 1.807) is 0 Å². The van der Waals surface area contributed by atoms with Crippen molar-refractivity contribution in [3.05, 3.63) is 100 Å². The average molecular weight is 818 g/mol. The summed E-state index contributed by atoms with van der Waals surface area (Å²) in [5, 5.41) is 14.3. The van der Waals surface area contributed by atoms with E-state index in [9.17, 15) is 19.5 Å². The minimum Gasteiger partial charge on any atom is -0.493 e. The van der Waals surface area contributed by atoms with Crippen molar-refractivity contribution in [2.24, 2.45) is 11.8 Å². The van der Waals surface area contributed by atoms with Gasteiger partial charge in [0.2, 0.25) is 0 Å². The lowest BCUT2D eigenvalue weighted by molar-refractivity contribution is -0.144. The fraction of sp³-hybridized carbons (Fsp3) is 0.426. The van der Waals surface area contributed by atoms with E-state index in [-0.39, 0.29) is 17.6 Å². The molecule has 2 aliphatic heterocycles. The highest BCUT2D eigenvalue weighted by Gasteiger charge is 2.31. The van der Waals surface area contributed by atoms with E-state index in [0.29, 0.717) is 73.2 Å². The van der Waals surface area contributed by atoms with Crippen LogP contribution in [0.3, 0.4) is 0 Å². The molecule has 1 atom stereocenters. The van der Waals surface area contributed by atoms with E-state index in [2.05, 4.69) is 53.9 Å². The number of nitrogens with one attached hydrogen (secondary N) is 1. The number of carbonyl (C=O) groups is 3. The Morgan fingerprint density at radius 2 is 1.76 bits per heavy atom. The van der Waals surface area contributed by atoms with Gasteiger partial charge in [0.15, 0.2) is 10.8 Å². The quantitative estimate of drug-likeness (QED) is 0.111. The van der Waals surface area contributed by atoms with Crippen molar-refractivity contribution >= 4 is 50.3 Å². The maximum atomic E-state index is 13.7. The highest BCUT2D eigenvalue weighted by atomic mass is 32.1. The summed E-state index contributed by atoms with van der Waals surface area (Å²) >= 11 is 1.44. The van der Waals surface area contributed by atoms with Gasteiger partial charge in [0.25, 0.3) is 5.91 Å². The number of carboxylic acid groups (broad SMARTS) is 1. The zero-order valence-electron chi connectivity index (χ0n) is 35.0. The van der Waals surface area contributed by atoms with Gasteiger partial charge in [0.05, 0.1) is 30.0 Å². The number of likely N-dealkylation sites (tertiary alicyclic amines) is 1. The summed E-state index contributed by atoms with van der Waals surface area (Å²) in [6.45, 7) is 16.5. The third kappa shape index (κ3) is 9.44. The standard InChI is InChI=1S/C47H55N5O6S/c1-7-57-41(53)28-51-22-18-31(19-23-51)29(2)21-25-58-38-16-11-13-33(30(38)3)42-36(47(4,5)6)26-40(49-43(42)45(55)56)52-24-20-32-12-10-14-34(35(32)27-52)44(54)50-46-48-37-15-8-9-17-39(37)59-46/h8-17,26,29,31H,7,18-25,27-28H2,1-6H3,(H,55,56)(H,48,50,54)/t29-/m1/s1. The van der Waals surface area contributed by atoms with Gasteiger partial charge in [-0.2, -0.15) is 0 Å². The Balaban J connectivity index is 1.10. The van der Waals surface area contributed by atoms with Crippen molar-refractivity contribution in [3.63, 3.8) is 0 Å². The maximum Gasteiger partial charge on any atom is 0.355 e. The molecule has 0 saturated carbocycles. The van der Waals surface area contributed by atoms with E-state index < -0.39 is 11.4 Å². The molecule has 310 valence electrons. The first-order valence-corrected chi connectivity index (χ1v) is 21.5. The van der Waals surface area contributed by atoms with E-state index in [1.807, 2.05) is 74.5 Å². The normalized spacial score (nSPS) is 15.5. The van der Waals surface area contributed by atoms with Crippen molar-refractivity contribution < 1.29 is 29.0 Å². The fourth-order valence-corrected chi connectivity index (χ4v) is 9.35. The van der Waals surface area contributed by atoms with Crippen LogP contribution in [-0.4, -0.2) is 77.2 Å². The molecule has 11 nitrogen and oxygen atoms in total. The molecule has 3 aromatic carbocycles. The minimum atomic E-state index is -1.10. The second kappa shape index (κ2) is 17.9. The summed E-state index contributed by atoms with van der Waals surface area (Å²) in [5.41, 5.74) is 6.05. The van der Waals surface area contributed by atoms with Gasteiger partial charge in [-0.25, -0.2) is 14.8 Å². The molecule has 0 spiro atoms. The Labute approximate surface area is 350 Å². The van der Waals surface area contributed by atoms with Crippen molar-refractivity contribution in [3.8, 4) is 16.9 Å². The number of esters is 1. The van der Waals surface area contributed by atoms with Crippen LogP contribution in [0.5, 0.6) is 5.75 Å². The Hall–Kier alpha value is -5.33. The van der Waals surface area contributed by atoms with Crippen LogP contribution in [0.2, 0.25) is 0 Å². The SMILES string of the molecule is CCOC(=O)CN1CCC([C@H](C)CCOc2cccc(-c3c(C(C)(C)C)cc(N4CCc5cccc(C(=O)Nc6nc7ccccc7s6)c5C4)nc3C(=O)O)c2C)CC1. The van der Waals surface area contributed by atoms with E-state index >= 15 is 0 Å². The van der Waals surface area contributed by atoms with E-state index in [4.69, 9.17) is 14.5 Å². The fourth-order valence-electron chi connectivity index (χ4n) is 8.49. The largest absolute Gasteiger partial charge is 0.493 e. The summed E-state index contributed by atoms with van der Waals surface area (Å²) in [6, 6.07) is 21.5. The predicted molar refractivity (Wildman–Crippen MR) is 234 cm³/mol. The first-order valence-electron chi connectivity index (χ1n) is 20.7. The van der Waals surface area contributed by atoms with Crippen LogP contribution in [-0.2, 0) is 27.9 Å². The number of hydrogen-bond acceptors (Lipinski definition) is 10. The molecule has 0 unspecified atom stereocenters. The average Bonchev–Trinajstić information content (AvgIpc) is 3.63. The molecule has 2 aliphatic rings. The molecule has 59 heavy (non-hydrogen) atoms. The lowest BCUT2D eigenvalue weighted by Gasteiger charge is -2.34. The summed E-state index contributed by atoms with van der Waals surface area (Å²) in [6.07, 6.45) is 3.65. The zero-order valence-corrected chi connectivity index (χ0v) is 35.8. The summed E-state index contributed by atoms with van der Waals surface area (Å²) in [7, 11) is 0. The van der Waals surface area contributed by atoms with Gasteiger partial charge < -0.3 is 19.5 Å². The number of thiazole rings is 1. The molecule has 1 saturated heterocycles. The van der Waals surface area contributed by atoms with Crippen molar-refractivity contribution in [2.75, 3.05) is 49.6 Å². The van der Waals surface area contributed by atoms with Gasteiger partial charge in [-0.15, -0.1) is 0 Å².